The van der Waals surface area contributed by atoms with Crippen molar-refractivity contribution in [1.29, 1.82) is 5.26 Å². The number of furan rings is 1. The number of ether oxygens (including phenoxy) is 1. The molecule has 2 aromatic rings. The van der Waals surface area contributed by atoms with Crippen molar-refractivity contribution < 1.29 is 18.7 Å². The lowest BCUT2D eigenvalue weighted by Gasteiger charge is -2.19. The molecule has 0 radical (unpaired) electrons. The Balaban J connectivity index is 2.20. The van der Waals surface area contributed by atoms with Crippen LogP contribution in [0.1, 0.15) is 36.4 Å². The molecule has 0 saturated carbocycles. The van der Waals surface area contributed by atoms with Gasteiger partial charge in [0.1, 0.15) is 23.7 Å². The van der Waals surface area contributed by atoms with Crippen LogP contribution in [0.3, 0.4) is 0 Å². The first-order valence-electron chi connectivity index (χ1n) is 9.03. The number of methoxy groups -OCH3 is 1. The van der Waals surface area contributed by atoms with Crippen LogP contribution < -0.4 is 10.6 Å². The molecule has 0 spiro atoms. The predicted molar refractivity (Wildman–Crippen MR) is 104 cm³/mol. The molecule has 2 aromatic heterocycles. The number of amides is 1. The lowest BCUT2D eigenvalue weighted by molar-refractivity contribution is -0.144. The van der Waals surface area contributed by atoms with Gasteiger partial charge in [-0.15, -0.1) is 0 Å². The van der Waals surface area contributed by atoms with Crippen LogP contribution in [0, 0.1) is 31.1 Å². The monoisotopic (exact) mass is 386 g/mol. The zero-order chi connectivity index (χ0) is 20.8. The summed E-state index contributed by atoms with van der Waals surface area (Å²) in [5.41, 5.74) is 2.07. The number of hydrogen-bond acceptors (Lipinski definition) is 6. The average Bonchev–Trinajstić information content (AvgIpc) is 3.24. The van der Waals surface area contributed by atoms with Gasteiger partial charge in [-0.05, 0) is 37.5 Å². The highest BCUT2D eigenvalue weighted by molar-refractivity contribution is 5.93. The number of nitrogens with one attached hydrogen (secondary N) is 2. The molecule has 1 atom stereocenters. The number of aromatic nitrogens is 1. The third kappa shape index (κ3) is 4.61. The minimum atomic E-state index is -0.593. The van der Waals surface area contributed by atoms with E-state index in [9.17, 15) is 14.9 Å². The third-order valence-corrected chi connectivity index (χ3v) is 4.70. The van der Waals surface area contributed by atoms with Gasteiger partial charge in [0, 0.05) is 5.69 Å². The number of nitriles is 1. The van der Waals surface area contributed by atoms with Crippen molar-refractivity contribution in [2.75, 3.05) is 19.0 Å². The van der Waals surface area contributed by atoms with Crippen LogP contribution in [-0.4, -0.2) is 36.1 Å². The summed E-state index contributed by atoms with van der Waals surface area (Å²) in [5.74, 6) is 0.307. The highest BCUT2D eigenvalue weighted by Crippen LogP contribution is 2.27. The fourth-order valence-electron chi connectivity index (χ4n) is 2.98. The molecule has 0 saturated heterocycles. The molecule has 0 aromatic carbocycles. The van der Waals surface area contributed by atoms with Crippen LogP contribution in [0.15, 0.2) is 22.8 Å². The van der Waals surface area contributed by atoms with Crippen LogP contribution >= 0.6 is 0 Å². The number of nitrogens with zero attached hydrogens (tertiary/aromatic N) is 2. The maximum Gasteiger partial charge on any atom is 0.323 e. The molecule has 2 rings (SSSR count). The van der Waals surface area contributed by atoms with E-state index in [1.807, 2.05) is 38.3 Å². The average molecular weight is 386 g/mol. The van der Waals surface area contributed by atoms with E-state index in [-0.39, 0.29) is 18.4 Å². The van der Waals surface area contributed by atoms with E-state index in [4.69, 9.17) is 9.15 Å². The van der Waals surface area contributed by atoms with Crippen LogP contribution in [0.25, 0.3) is 0 Å². The molecule has 8 nitrogen and oxygen atoms in total. The Kier molecular flexibility index (Phi) is 7.01. The summed E-state index contributed by atoms with van der Waals surface area (Å²) in [7, 11) is 1.31. The molecular formula is C20H26N4O4. The second kappa shape index (κ2) is 9.24. The lowest BCUT2D eigenvalue weighted by atomic mass is 10.0. The van der Waals surface area contributed by atoms with Crippen molar-refractivity contribution in [2.24, 2.45) is 5.92 Å². The topological polar surface area (TPSA) is 109 Å². The van der Waals surface area contributed by atoms with Crippen molar-refractivity contribution in [1.82, 2.24) is 9.88 Å². The number of esters is 1. The molecule has 1 amide bonds. The summed E-state index contributed by atoms with van der Waals surface area (Å²) < 4.78 is 12.0. The van der Waals surface area contributed by atoms with Gasteiger partial charge >= 0.3 is 5.97 Å². The Morgan fingerprint density at radius 3 is 2.61 bits per heavy atom. The maximum atomic E-state index is 12.5. The molecule has 0 aliphatic carbocycles. The van der Waals surface area contributed by atoms with E-state index in [1.165, 1.54) is 7.11 Å². The van der Waals surface area contributed by atoms with Crippen molar-refractivity contribution in [2.45, 2.75) is 40.3 Å². The van der Waals surface area contributed by atoms with Crippen molar-refractivity contribution in [3.63, 3.8) is 0 Å². The molecule has 0 aliphatic rings. The second-order valence-electron chi connectivity index (χ2n) is 6.89. The van der Waals surface area contributed by atoms with Gasteiger partial charge in [-0.1, -0.05) is 13.8 Å². The van der Waals surface area contributed by atoms with E-state index in [1.54, 1.807) is 12.3 Å². The molecule has 28 heavy (non-hydrogen) atoms. The number of anilines is 1. The Bertz CT molecular complexity index is 875. The van der Waals surface area contributed by atoms with Gasteiger partial charge in [-0.2, -0.15) is 5.26 Å². The molecular weight excluding hydrogens is 360 g/mol. The van der Waals surface area contributed by atoms with Gasteiger partial charge in [-0.3, -0.25) is 14.9 Å². The largest absolute Gasteiger partial charge is 0.468 e. The quantitative estimate of drug-likeness (QED) is 0.674. The number of carbonyl (C=O) groups is 2. The van der Waals surface area contributed by atoms with Gasteiger partial charge in [0.15, 0.2) is 0 Å². The van der Waals surface area contributed by atoms with Crippen LogP contribution in [0.4, 0.5) is 5.82 Å². The van der Waals surface area contributed by atoms with E-state index in [0.29, 0.717) is 23.7 Å². The minimum absolute atomic E-state index is 0.0396. The van der Waals surface area contributed by atoms with Gasteiger partial charge in [0.05, 0.1) is 32.0 Å². The summed E-state index contributed by atoms with van der Waals surface area (Å²) in [6.07, 6.45) is 1.58. The van der Waals surface area contributed by atoms with Crippen LogP contribution in [0.5, 0.6) is 0 Å². The van der Waals surface area contributed by atoms with Gasteiger partial charge in [0.25, 0.3) is 0 Å². The third-order valence-electron chi connectivity index (χ3n) is 4.70. The van der Waals surface area contributed by atoms with E-state index < -0.39 is 12.0 Å². The highest BCUT2D eigenvalue weighted by Gasteiger charge is 2.24. The standard InChI is InChI=1S/C20H26N4O4/c1-12(2)18(20(26)27-5)22-10-17(25)23-19-16(9-21)13(3)14(4)24(19)11-15-7-6-8-28-15/h6-8,12,18,22H,10-11H2,1-5H3,(H,23,25). The van der Waals surface area contributed by atoms with Gasteiger partial charge < -0.3 is 19.0 Å². The van der Waals surface area contributed by atoms with E-state index in [0.717, 1.165) is 11.3 Å². The summed E-state index contributed by atoms with van der Waals surface area (Å²) in [5, 5.41) is 15.3. The van der Waals surface area contributed by atoms with E-state index in [2.05, 4.69) is 16.7 Å². The van der Waals surface area contributed by atoms with Crippen LogP contribution in [0.2, 0.25) is 0 Å². The van der Waals surface area contributed by atoms with Crippen molar-refractivity contribution in [3.05, 3.63) is 41.0 Å². The minimum Gasteiger partial charge on any atom is -0.468 e. The number of hydrogen-bond donors (Lipinski definition) is 2. The van der Waals surface area contributed by atoms with E-state index >= 15 is 0 Å². The normalized spacial score (nSPS) is 11.9. The first-order chi connectivity index (χ1) is 13.3. The number of rotatable bonds is 8. The summed E-state index contributed by atoms with van der Waals surface area (Å²) in [4.78, 5) is 24.4. The Hall–Kier alpha value is -3.05. The Morgan fingerprint density at radius 1 is 1.36 bits per heavy atom. The molecule has 2 heterocycles. The van der Waals surface area contributed by atoms with Crippen LogP contribution in [-0.2, 0) is 20.9 Å². The molecule has 1 unspecified atom stereocenters. The molecule has 0 fully saturated rings. The first kappa shape index (κ1) is 21.3. The molecule has 0 aliphatic heterocycles. The summed E-state index contributed by atoms with van der Waals surface area (Å²) >= 11 is 0. The first-order valence-corrected chi connectivity index (χ1v) is 9.03. The SMILES string of the molecule is COC(=O)C(NCC(=O)Nc1c(C#N)c(C)c(C)n1Cc1ccco1)C(C)C. The number of carbonyl (C=O) groups excluding carboxylic acids is 2. The second-order valence-corrected chi connectivity index (χ2v) is 6.89. The molecule has 8 heteroatoms. The fraction of sp³-hybridized carbons (Fsp3) is 0.450. The molecule has 150 valence electrons. The maximum absolute atomic E-state index is 12.5. The predicted octanol–water partition coefficient (Wildman–Crippen LogP) is 2.34. The smallest absolute Gasteiger partial charge is 0.323 e. The molecule has 2 N–H and O–H groups in total. The Labute approximate surface area is 164 Å². The molecule has 0 bridgehead atoms. The fourth-order valence-corrected chi connectivity index (χ4v) is 2.98. The highest BCUT2D eigenvalue weighted by atomic mass is 16.5. The Morgan fingerprint density at radius 2 is 2.07 bits per heavy atom. The van der Waals surface area contributed by atoms with Crippen molar-refractivity contribution >= 4 is 17.7 Å². The zero-order valence-electron chi connectivity index (χ0n) is 16.8. The van der Waals surface area contributed by atoms with Gasteiger partial charge in [0.2, 0.25) is 5.91 Å². The van der Waals surface area contributed by atoms with Gasteiger partial charge in [-0.25, -0.2) is 0 Å². The zero-order valence-corrected chi connectivity index (χ0v) is 16.8. The summed E-state index contributed by atoms with van der Waals surface area (Å²) in [6, 6.07) is 5.18. The van der Waals surface area contributed by atoms with Crippen molar-refractivity contribution in [3.8, 4) is 6.07 Å². The summed E-state index contributed by atoms with van der Waals surface area (Å²) in [6.45, 7) is 7.75. The lowest BCUT2D eigenvalue weighted by Crippen LogP contribution is -2.45.